The van der Waals surface area contributed by atoms with E-state index in [2.05, 4.69) is 5.32 Å². The molecule has 0 aliphatic heterocycles. The first-order valence-corrected chi connectivity index (χ1v) is 4.54. The van der Waals surface area contributed by atoms with E-state index >= 15 is 0 Å². The van der Waals surface area contributed by atoms with Gasteiger partial charge in [-0.3, -0.25) is 9.59 Å². The number of hydrogen-bond donors (Lipinski definition) is 2. The fourth-order valence-corrected chi connectivity index (χ4v) is 1.08. The topological polar surface area (TPSA) is 69.6 Å². The molecule has 0 aromatic heterocycles. The van der Waals surface area contributed by atoms with Crippen molar-refractivity contribution in [2.24, 2.45) is 0 Å². The lowest BCUT2D eigenvalue weighted by molar-refractivity contribution is -0.133. The van der Waals surface area contributed by atoms with E-state index < -0.39 is 0 Å². The van der Waals surface area contributed by atoms with Gasteiger partial charge in [0.1, 0.15) is 5.78 Å². The lowest BCUT2D eigenvalue weighted by atomic mass is 10.2. The fourth-order valence-electron chi connectivity index (χ4n) is 1.08. The molecule has 14 heavy (non-hydrogen) atoms. The van der Waals surface area contributed by atoms with E-state index in [4.69, 9.17) is 5.11 Å². The number of likely N-dealkylation sites (N-methyl/N-ethyl adjacent to an activating group) is 1. The predicted octanol–water partition coefficient (Wildman–Crippen LogP) is -0.996. The summed E-state index contributed by atoms with van der Waals surface area (Å²) in [4.78, 5) is 23.4. The molecule has 0 unspecified atom stereocenters. The highest BCUT2D eigenvalue weighted by Crippen LogP contribution is 1.94. The molecular weight excluding hydrogens is 184 g/mol. The highest BCUT2D eigenvalue weighted by atomic mass is 16.3. The summed E-state index contributed by atoms with van der Waals surface area (Å²) in [6, 6.07) is -0.182. The van der Waals surface area contributed by atoms with E-state index in [9.17, 15) is 9.59 Å². The van der Waals surface area contributed by atoms with Crippen LogP contribution in [0, 0.1) is 0 Å². The monoisotopic (exact) mass is 202 g/mol. The van der Waals surface area contributed by atoms with Gasteiger partial charge in [-0.1, -0.05) is 0 Å². The molecule has 2 N–H and O–H groups in total. The van der Waals surface area contributed by atoms with Crippen LogP contribution in [-0.4, -0.2) is 54.5 Å². The zero-order valence-corrected chi connectivity index (χ0v) is 8.91. The lowest BCUT2D eigenvalue weighted by Gasteiger charge is -2.24. The third kappa shape index (κ3) is 4.94. The Balaban J connectivity index is 4.21. The minimum atomic E-state index is -0.182. The number of carbonyl (C=O) groups is 2. The van der Waals surface area contributed by atoms with Crippen molar-refractivity contribution in [1.82, 2.24) is 10.2 Å². The van der Waals surface area contributed by atoms with E-state index in [1.165, 1.54) is 18.7 Å². The van der Waals surface area contributed by atoms with E-state index in [1.807, 2.05) is 0 Å². The molecule has 0 aliphatic carbocycles. The van der Waals surface area contributed by atoms with Crippen molar-refractivity contribution in [3.8, 4) is 0 Å². The Labute approximate surface area is 84.1 Å². The maximum absolute atomic E-state index is 11.1. The van der Waals surface area contributed by atoms with E-state index in [0.29, 0.717) is 6.54 Å². The molecule has 0 aromatic rings. The van der Waals surface area contributed by atoms with Crippen molar-refractivity contribution in [1.29, 1.82) is 0 Å². The van der Waals surface area contributed by atoms with Crippen molar-refractivity contribution in [2.45, 2.75) is 19.9 Å². The normalized spacial score (nSPS) is 12.3. The van der Waals surface area contributed by atoms with Gasteiger partial charge >= 0.3 is 0 Å². The number of carbonyl (C=O) groups excluding carboxylic acids is 2. The maximum Gasteiger partial charge on any atom is 0.219 e. The third-order valence-electron chi connectivity index (χ3n) is 1.93. The van der Waals surface area contributed by atoms with Crippen LogP contribution in [-0.2, 0) is 9.59 Å². The van der Waals surface area contributed by atoms with Crippen LogP contribution in [0.25, 0.3) is 0 Å². The standard InChI is InChI=1S/C9H18N2O3/c1-7(13)4-11(8(2)14)5-9(6-12)10-3/h9-10,12H,4-6H2,1-3H3/t9-/m1/s1. The summed E-state index contributed by atoms with van der Waals surface area (Å²) in [7, 11) is 1.70. The number of nitrogens with one attached hydrogen (secondary N) is 1. The SMILES string of the molecule is CN[C@@H](CO)CN(CC(C)=O)C(C)=O. The predicted molar refractivity (Wildman–Crippen MR) is 52.9 cm³/mol. The first-order chi connectivity index (χ1) is 6.51. The molecule has 0 aromatic carbocycles. The summed E-state index contributed by atoms with van der Waals surface area (Å²) in [6.07, 6.45) is 0. The Morgan fingerprint density at radius 2 is 2.00 bits per heavy atom. The van der Waals surface area contributed by atoms with Crippen LogP contribution in [0.3, 0.4) is 0 Å². The molecule has 5 nitrogen and oxygen atoms in total. The Kier molecular flexibility index (Phi) is 6.07. The minimum absolute atomic E-state index is 0.0574. The highest BCUT2D eigenvalue weighted by molar-refractivity contribution is 5.83. The molecule has 1 atom stereocenters. The molecule has 82 valence electrons. The van der Waals surface area contributed by atoms with Gasteiger partial charge in [-0.25, -0.2) is 0 Å². The second kappa shape index (κ2) is 6.50. The number of aliphatic hydroxyl groups excluding tert-OH is 1. The molecule has 0 fully saturated rings. The van der Waals surface area contributed by atoms with Crippen molar-refractivity contribution < 1.29 is 14.7 Å². The van der Waals surface area contributed by atoms with Gasteiger partial charge in [-0.05, 0) is 14.0 Å². The average molecular weight is 202 g/mol. The molecule has 0 aliphatic rings. The lowest BCUT2D eigenvalue weighted by Crippen LogP contribution is -2.45. The van der Waals surface area contributed by atoms with Gasteiger partial charge in [-0.15, -0.1) is 0 Å². The number of hydrogen-bond acceptors (Lipinski definition) is 4. The average Bonchev–Trinajstić information content (AvgIpc) is 2.11. The Bertz CT molecular complexity index is 202. The molecule has 1 amide bonds. The van der Waals surface area contributed by atoms with Crippen molar-refractivity contribution in [2.75, 3.05) is 26.7 Å². The van der Waals surface area contributed by atoms with Crippen molar-refractivity contribution in [3.05, 3.63) is 0 Å². The van der Waals surface area contributed by atoms with Crippen LogP contribution < -0.4 is 5.32 Å². The molecule has 5 heteroatoms. The van der Waals surface area contributed by atoms with Crippen LogP contribution in [0.2, 0.25) is 0 Å². The zero-order chi connectivity index (χ0) is 11.1. The molecule has 0 spiro atoms. The Hall–Kier alpha value is -0.940. The zero-order valence-electron chi connectivity index (χ0n) is 8.91. The molecule has 0 heterocycles. The van der Waals surface area contributed by atoms with Crippen LogP contribution >= 0.6 is 0 Å². The van der Waals surface area contributed by atoms with Gasteiger partial charge in [0.25, 0.3) is 0 Å². The summed E-state index contributed by atoms with van der Waals surface area (Å²) < 4.78 is 0. The van der Waals surface area contributed by atoms with Gasteiger partial charge in [0.15, 0.2) is 0 Å². The molecule has 0 saturated carbocycles. The van der Waals surface area contributed by atoms with Crippen molar-refractivity contribution in [3.63, 3.8) is 0 Å². The Morgan fingerprint density at radius 3 is 2.29 bits per heavy atom. The summed E-state index contributed by atoms with van der Waals surface area (Å²) in [6.45, 7) is 3.24. The quantitative estimate of drug-likeness (QED) is 0.580. The first kappa shape index (κ1) is 13.1. The Morgan fingerprint density at radius 1 is 1.43 bits per heavy atom. The number of rotatable bonds is 6. The smallest absolute Gasteiger partial charge is 0.219 e. The first-order valence-electron chi connectivity index (χ1n) is 4.54. The summed E-state index contributed by atoms with van der Waals surface area (Å²) in [5.41, 5.74) is 0. The fraction of sp³-hybridized carbons (Fsp3) is 0.778. The van der Waals surface area contributed by atoms with E-state index in [-0.39, 0.29) is 30.9 Å². The number of ketones is 1. The maximum atomic E-state index is 11.1. The molecule has 0 saturated heterocycles. The van der Waals surface area contributed by atoms with Crippen molar-refractivity contribution >= 4 is 11.7 Å². The number of Topliss-reactive ketones (excluding diaryl/α,β-unsaturated/α-hetero) is 1. The van der Waals surface area contributed by atoms with Gasteiger partial charge in [-0.2, -0.15) is 0 Å². The molecule has 0 bridgehead atoms. The second-order valence-corrected chi connectivity index (χ2v) is 3.27. The van der Waals surface area contributed by atoms with E-state index in [1.54, 1.807) is 7.05 Å². The van der Waals surface area contributed by atoms with Gasteiger partial charge in [0.2, 0.25) is 5.91 Å². The second-order valence-electron chi connectivity index (χ2n) is 3.27. The highest BCUT2D eigenvalue weighted by Gasteiger charge is 2.15. The van der Waals surface area contributed by atoms with Crippen LogP contribution in [0.15, 0.2) is 0 Å². The minimum Gasteiger partial charge on any atom is -0.395 e. The number of aliphatic hydroxyl groups is 1. The van der Waals surface area contributed by atoms with Crippen LogP contribution in [0.4, 0.5) is 0 Å². The summed E-state index contributed by atoms with van der Waals surface area (Å²) in [5, 5.41) is 11.8. The van der Waals surface area contributed by atoms with Crippen LogP contribution in [0.5, 0.6) is 0 Å². The molecule has 0 rings (SSSR count). The van der Waals surface area contributed by atoms with Gasteiger partial charge in [0.05, 0.1) is 13.2 Å². The molecular formula is C9H18N2O3. The van der Waals surface area contributed by atoms with E-state index in [0.717, 1.165) is 0 Å². The summed E-state index contributed by atoms with van der Waals surface area (Å²) >= 11 is 0. The van der Waals surface area contributed by atoms with Gasteiger partial charge < -0.3 is 15.3 Å². The number of amides is 1. The summed E-state index contributed by atoms with van der Waals surface area (Å²) in [5.74, 6) is -0.220. The molecule has 0 radical (unpaired) electrons. The van der Waals surface area contributed by atoms with Gasteiger partial charge in [0, 0.05) is 19.5 Å². The largest absolute Gasteiger partial charge is 0.395 e. The third-order valence-corrected chi connectivity index (χ3v) is 1.93. The number of nitrogens with zero attached hydrogens (tertiary/aromatic N) is 1. The van der Waals surface area contributed by atoms with Crippen LogP contribution in [0.1, 0.15) is 13.8 Å².